The molecule has 9 heteroatoms. The van der Waals surface area contributed by atoms with E-state index in [0.29, 0.717) is 38.0 Å². The molecule has 0 aliphatic rings. The molecule has 0 fully saturated rings. The zero-order valence-corrected chi connectivity index (χ0v) is 18.3. The second kappa shape index (κ2) is 10.1. The van der Waals surface area contributed by atoms with E-state index in [1.54, 1.807) is 42.5 Å². The van der Waals surface area contributed by atoms with E-state index in [1.807, 2.05) is 6.07 Å². The Bertz CT molecular complexity index is 1270. The maximum absolute atomic E-state index is 11.6. The maximum Gasteiger partial charge on any atom is 0.248 e. The summed E-state index contributed by atoms with van der Waals surface area (Å²) in [7, 11) is 0. The van der Waals surface area contributed by atoms with Gasteiger partial charge in [0.1, 0.15) is 19.0 Å². The van der Waals surface area contributed by atoms with Gasteiger partial charge in [-0.25, -0.2) is 4.98 Å². The lowest BCUT2D eigenvalue weighted by molar-refractivity contribution is 0.0999. The Kier molecular flexibility index (Phi) is 7.51. The highest BCUT2D eigenvalue weighted by atomic mass is 35.5. The summed E-state index contributed by atoms with van der Waals surface area (Å²) in [6.45, 7) is 0.304. The van der Waals surface area contributed by atoms with Crippen molar-refractivity contribution in [3.8, 4) is 11.5 Å². The number of rotatable bonds is 7. The fourth-order valence-electron chi connectivity index (χ4n) is 2.94. The minimum absolute atomic E-state index is 0. The molecular weight excluding hydrogens is 473 g/mol. The number of aromatic nitrogens is 2. The van der Waals surface area contributed by atoms with Crippen molar-refractivity contribution in [2.45, 2.75) is 20.6 Å². The van der Waals surface area contributed by atoms with Gasteiger partial charge in [-0.2, -0.15) is 0 Å². The fourth-order valence-corrected chi connectivity index (χ4v) is 3.57. The highest BCUT2D eigenvalue weighted by molar-refractivity contribution is 6.35. The molecule has 4 rings (SSSR count). The smallest absolute Gasteiger partial charge is 0.248 e. The Morgan fingerprint density at radius 2 is 1.62 bits per heavy atom. The summed E-state index contributed by atoms with van der Waals surface area (Å²) in [6.07, 6.45) is 0. The molecule has 0 atom stereocenters. The number of carbonyl (C=O) groups excluding carboxylic acids is 1. The lowest BCUT2D eigenvalue weighted by atomic mass is 10.2. The van der Waals surface area contributed by atoms with Crippen LogP contribution in [0.5, 0.6) is 11.5 Å². The van der Waals surface area contributed by atoms with E-state index in [-0.39, 0.29) is 20.6 Å². The second-order valence-corrected chi connectivity index (χ2v) is 7.96. The van der Waals surface area contributed by atoms with Gasteiger partial charge in [-0.15, -0.1) is 0 Å². The van der Waals surface area contributed by atoms with Crippen LogP contribution in [0.1, 0.15) is 29.2 Å². The number of aromatic amines is 1. The zero-order chi connectivity index (χ0) is 22.0. The van der Waals surface area contributed by atoms with Crippen molar-refractivity contribution >= 4 is 51.7 Å². The number of amides is 1. The summed E-state index contributed by atoms with van der Waals surface area (Å²) >= 11 is 18.2. The van der Waals surface area contributed by atoms with E-state index < -0.39 is 5.91 Å². The third kappa shape index (κ3) is 5.46. The SMILES string of the molecule is C.NC(=O)c1ccc(OCc2nc3ccc(Cl)cc3[nH]2)c(OCc2ccc(Cl)cc2Cl)c1. The van der Waals surface area contributed by atoms with Crippen molar-refractivity contribution in [2.24, 2.45) is 5.73 Å². The van der Waals surface area contributed by atoms with Crippen LogP contribution in [0.15, 0.2) is 54.6 Å². The van der Waals surface area contributed by atoms with Crippen molar-refractivity contribution in [1.29, 1.82) is 0 Å². The highest BCUT2D eigenvalue weighted by Crippen LogP contribution is 2.31. The van der Waals surface area contributed by atoms with Gasteiger partial charge in [0.25, 0.3) is 0 Å². The number of nitrogens with one attached hydrogen (secondary N) is 1. The lowest BCUT2D eigenvalue weighted by Crippen LogP contribution is -2.11. The molecule has 0 radical (unpaired) electrons. The highest BCUT2D eigenvalue weighted by Gasteiger charge is 2.13. The maximum atomic E-state index is 11.6. The summed E-state index contributed by atoms with van der Waals surface area (Å²) in [6, 6.07) is 15.2. The Morgan fingerprint density at radius 1 is 0.906 bits per heavy atom. The average Bonchev–Trinajstić information content (AvgIpc) is 3.13. The molecular formula is C23H20Cl3N3O3. The van der Waals surface area contributed by atoms with Gasteiger partial charge < -0.3 is 20.2 Å². The number of hydrogen-bond acceptors (Lipinski definition) is 4. The first-order valence-corrected chi connectivity index (χ1v) is 10.3. The Morgan fingerprint density at radius 3 is 2.38 bits per heavy atom. The Labute approximate surface area is 200 Å². The fraction of sp³-hybridized carbons (Fsp3) is 0.130. The Hall–Kier alpha value is -2.93. The topological polar surface area (TPSA) is 90.2 Å². The van der Waals surface area contributed by atoms with Crippen molar-refractivity contribution < 1.29 is 14.3 Å². The third-order valence-electron chi connectivity index (χ3n) is 4.48. The van der Waals surface area contributed by atoms with Gasteiger partial charge in [-0.1, -0.05) is 48.3 Å². The summed E-state index contributed by atoms with van der Waals surface area (Å²) in [4.78, 5) is 19.2. The van der Waals surface area contributed by atoms with Crippen LogP contribution in [0, 0.1) is 0 Å². The minimum Gasteiger partial charge on any atom is -0.485 e. The number of carbonyl (C=O) groups is 1. The molecule has 1 aromatic heterocycles. The van der Waals surface area contributed by atoms with E-state index in [0.717, 1.165) is 16.6 Å². The molecule has 0 aliphatic heterocycles. The standard InChI is InChI=1S/C22H16Cl3N3O3.CH4/c23-14-3-1-13(16(25)8-14)10-30-20-7-12(22(26)29)2-6-19(20)31-11-21-27-17-5-4-15(24)9-18(17)28-21;/h1-9H,10-11H2,(H2,26,29)(H,27,28);1H4. The van der Waals surface area contributed by atoms with E-state index in [1.165, 1.54) is 6.07 Å². The second-order valence-electron chi connectivity index (χ2n) is 6.68. The molecule has 6 nitrogen and oxygen atoms in total. The molecule has 0 saturated heterocycles. The summed E-state index contributed by atoms with van der Waals surface area (Å²) < 4.78 is 11.8. The molecule has 0 saturated carbocycles. The number of nitrogens with two attached hydrogens (primary N) is 1. The Balaban J connectivity index is 0.00000289. The largest absolute Gasteiger partial charge is 0.485 e. The number of nitrogens with zero attached hydrogens (tertiary/aromatic N) is 1. The molecule has 4 aromatic rings. The average molecular weight is 493 g/mol. The predicted octanol–water partition coefficient (Wildman–Crippen LogP) is 6.42. The quantitative estimate of drug-likeness (QED) is 0.311. The van der Waals surface area contributed by atoms with Crippen LogP contribution in [0.25, 0.3) is 11.0 Å². The van der Waals surface area contributed by atoms with Crippen LogP contribution < -0.4 is 15.2 Å². The minimum atomic E-state index is -0.574. The van der Waals surface area contributed by atoms with E-state index in [9.17, 15) is 4.79 Å². The number of hydrogen-bond donors (Lipinski definition) is 2. The molecule has 0 aliphatic carbocycles. The number of benzene rings is 3. The van der Waals surface area contributed by atoms with Gasteiger partial charge in [0.05, 0.1) is 11.0 Å². The van der Waals surface area contributed by atoms with Crippen LogP contribution in [0.2, 0.25) is 15.1 Å². The summed E-state index contributed by atoms with van der Waals surface area (Å²) in [5, 5.41) is 1.62. The monoisotopic (exact) mass is 491 g/mol. The number of fused-ring (bicyclic) bond motifs is 1. The van der Waals surface area contributed by atoms with Gasteiger partial charge >= 0.3 is 0 Å². The van der Waals surface area contributed by atoms with Gasteiger partial charge in [-0.3, -0.25) is 4.79 Å². The number of halogens is 3. The molecule has 0 spiro atoms. The van der Waals surface area contributed by atoms with Crippen molar-refractivity contribution in [2.75, 3.05) is 0 Å². The third-order valence-corrected chi connectivity index (χ3v) is 5.31. The first-order chi connectivity index (χ1) is 14.9. The van der Waals surface area contributed by atoms with E-state index in [4.69, 9.17) is 50.0 Å². The van der Waals surface area contributed by atoms with Crippen molar-refractivity contribution in [3.63, 3.8) is 0 Å². The molecule has 166 valence electrons. The van der Waals surface area contributed by atoms with Gasteiger partial charge in [-0.05, 0) is 48.5 Å². The zero-order valence-electron chi connectivity index (χ0n) is 16.0. The first kappa shape index (κ1) is 23.7. The van der Waals surface area contributed by atoms with Gasteiger partial charge in [0.15, 0.2) is 11.5 Å². The number of ether oxygens (including phenoxy) is 2. The van der Waals surface area contributed by atoms with Crippen molar-refractivity contribution in [3.05, 3.63) is 86.6 Å². The van der Waals surface area contributed by atoms with Crippen molar-refractivity contribution in [1.82, 2.24) is 9.97 Å². The molecule has 0 bridgehead atoms. The number of imidazole rings is 1. The summed E-state index contributed by atoms with van der Waals surface area (Å²) in [5.41, 5.74) is 8.02. The molecule has 3 N–H and O–H groups in total. The van der Waals surface area contributed by atoms with Crippen LogP contribution >= 0.6 is 34.8 Å². The molecule has 3 aromatic carbocycles. The van der Waals surface area contributed by atoms with Crippen LogP contribution in [0.3, 0.4) is 0 Å². The van der Waals surface area contributed by atoms with E-state index in [2.05, 4.69) is 9.97 Å². The first-order valence-electron chi connectivity index (χ1n) is 9.16. The number of H-pyrrole nitrogens is 1. The predicted molar refractivity (Wildman–Crippen MR) is 128 cm³/mol. The lowest BCUT2D eigenvalue weighted by Gasteiger charge is -2.14. The van der Waals surface area contributed by atoms with Crippen LogP contribution in [-0.2, 0) is 13.2 Å². The summed E-state index contributed by atoms with van der Waals surface area (Å²) in [5.74, 6) is 0.813. The molecule has 1 amide bonds. The van der Waals surface area contributed by atoms with Crippen LogP contribution in [0.4, 0.5) is 0 Å². The van der Waals surface area contributed by atoms with Gasteiger partial charge in [0.2, 0.25) is 5.91 Å². The normalized spacial score (nSPS) is 10.6. The van der Waals surface area contributed by atoms with Gasteiger partial charge in [0, 0.05) is 26.2 Å². The molecule has 32 heavy (non-hydrogen) atoms. The number of primary amides is 1. The van der Waals surface area contributed by atoms with E-state index >= 15 is 0 Å². The van der Waals surface area contributed by atoms with Crippen LogP contribution in [-0.4, -0.2) is 15.9 Å². The molecule has 0 unspecified atom stereocenters. The molecule has 1 heterocycles.